The molecule has 3 aliphatic rings. The highest BCUT2D eigenvalue weighted by Crippen LogP contribution is 2.39. The van der Waals surface area contributed by atoms with Gasteiger partial charge in [-0.3, -0.25) is 0 Å². The Morgan fingerprint density at radius 3 is 2.48 bits per heavy atom. The standard InChI is InChI=1S/C17H28N4O5S/c1-14-18-16(19-26-14)12-15-2-9-25-17(13-15)3-5-20(6-4-17)27(22,23)21-7-10-24-11-8-21/h15H,2-13H2,1H3. The fourth-order valence-electron chi connectivity index (χ4n) is 4.40. The average molecular weight is 401 g/mol. The van der Waals surface area contributed by atoms with E-state index in [1.807, 2.05) is 0 Å². The van der Waals surface area contributed by atoms with Crippen molar-refractivity contribution in [3.63, 3.8) is 0 Å². The van der Waals surface area contributed by atoms with Gasteiger partial charge in [0, 0.05) is 46.1 Å². The van der Waals surface area contributed by atoms with E-state index in [1.165, 1.54) is 4.31 Å². The van der Waals surface area contributed by atoms with Crippen LogP contribution in [0.3, 0.4) is 0 Å². The van der Waals surface area contributed by atoms with Crippen molar-refractivity contribution >= 4 is 10.2 Å². The van der Waals surface area contributed by atoms with E-state index in [9.17, 15) is 8.42 Å². The third-order valence-corrected chi connectivity index (χ3v) is 7.93. The van der Waals surface area contributed by atoms with Crippen molar-refractivity contribution < 1.29 is 22.4 Å². The van der Waals surface area contributed by atoms with Crippen LogP contribution in [0.25, 0.3) is 0 Å². The number of rotatable bonds is 4. The molecule has 0 saturated carbocycles. The van der Waals surface area contributed by atoms with Crippen molar-refractivity contribution in [3.8, 4) is 0 Å². The van der Waals surface area contributed by atoms with Crippen LogP contribution < -0.4 is 0 Å². The normalized spacial score (nSPS) is 27.8. The maximum Gasteiger partial charge on any atom is 0.282 e. The van der Waals surface area contributed by atoms with Crippen molar-refractivity contribution in [2.45, 2.75) is 44.6 Å². The molecule has 0 amide bonds. The molecule has 1 atom stereocenters. The van der Waals surface area contributed by atoms with Gasteiger partial charge in [-0.2, -0.15) is 22.0 Å². The van der Waals surface area contributed by atoms with Crippen molar-refractivity contribution in [1.29, 1.82) is 0 Å². The van der Waals surface area contributed by atoms with Gasteiger partial charge in [0.25, 0.3) is 10.2 Å². The summed E-state index contributed by atoms with van der Waals surface area (Å²) in [7, 11) is -3.40. The molecule has 152 valence electrons. The summed E-state index contributed by atoms with van der Waals surface area (Å²) < 4.78 is 45.4. The van der Waals surface area contributed by atoms with Crippen LogP contribution in [0.4, 0.5) is 0 Å². The van der Waals surface area contributed by atoms with E-state index in [0.717, 1.165) is 37.9 Å². The molecule has 3 aliphatic heterocycles. The molecule has 0 radical (unpaired) electrons. The third-order valence-electron chi connectivity index (χ3n) is 5.89. The molecule has 10 heteroatoms. The van der Waals surface area contributed by atoms with Gasteiger partial charge in [0.1, 0.15) is 0 Å². The Kier molecular flexibility index (Phi) is 5.52. The number of hydrogen-bond donors (Lipinski definition) is 0. The van der Waals surface area contributed by atoms with Crippen LogP contribution in [0.5, 0.6) is 0 Å². The maximum absolute atomic E-state index is 12.8. The van der Waals surface area contributed by atoms with Gasteiger partial charge in [0.2, 0.25) is 5.89 Å². The van der Waals surface area contributed by atoms with Gasteiger partial charge in [-0.15, -0.1) is 0 Å². The second-order valence-electron chi connectivity index (χ2n) is 7.74. The Morgan fingerprint density at radius 2 is 1.81 bits per heavy atom. The van der Waals surface area contributed by atoms with Gasteiger partial charge in [-0.1, -0.05) is 5.16 Å². The second-order valence-corrected chi connectivity index (χ2v) is 9.67. The summed E-state index contributed by atoms with van der Waals surface area (Å²) in [4.78, 5) is 4.31. The first kappa shape index (κ1) is 19.3. The summed E-state index contributed by atoms with van der Waals surface area (Å²) >= 11 is 0. The molecule has 1 aromatic heterocycles. The monoisotopic (exact) mass is 400 g/mol. The van der Waals surface area contributed by atoms with Crippen molar-refractivity contribution in [2.75, 3.05) is 46.0 Å². The lowest BCUT2D eigenvalue weighted by molar-refractivity contribution is -0.121. The van der Waals surface area contributed by atoms with Gasteiger partial charge >= 0.3 is 0 Å². The topological polar surface area (TPSA) is 98.0 Å². The first-order chi connectivity index (χ1) is 13.0. The molecular formula is C17H28N4O5S. The predicted octanol–water partition coefficient (Wildman–Crippen LogP) is 0.759. The summed E-state index contributed by atoms with van der Waals surface area (Å²) in [6, 6.07) is 0. The molecule has 3 saturated heterocycles. The van der Waals surface area contributed by atoms with E-state index < -0.39 is 10.2 Å². The molecule has 27 heavy (non-hydrogen) atoms. The zero-order valence-electron chi connectivity index (χ0n) is 15.8. The number of morpholine rings is 1. The fraction of sp³-hybridized carbons (Fsp3) is 0.882. The van der Waals surface area contributed by atoms with Crippen LogP contribution in [0.15, 0.2) is 4.52 Å². The van der Waals surface area contributed by atoms with E-state index in [1.54, 1.807) is 11.2 Å². The SMILES string of the molecule is Cc1nc(CC2CCOC3(CCN(S(=O)(=O)N4CCOCC4)CC3)C2)no1. The van der Waals surface area contributed by atoms with Gasteiger partial charge in [0.05, 0.1) is 18.8 Å². The van der Waals surface area contributed by atoms with Crippen molar-refractivity contribution in [2.24, 2.45) is 5.92 Å². The Balaban J connectivity index is 1.35. The van der Waals surface area contributed by atoms with E-state index in [2.05, 4.69) is 10.1 Å². The molecule has 9 nitrogen and oxygen atoms in total. The number of aromatic nitrogens is 2. The minimum absolute atomic E-state index is 0.223. The van der Waals surface area contributed by atoms with Gasteiger partial charge in [-0.25, -0.2) is 0 Å². The predicted molar refractivity (Wildman–Crippen MR) is 96.3 cm³/mol. The average Bonchev–Trinajstić information content (AvgIpc) is 3.08. The fourth-order valence-corrected chi connectivity index (χ4v) is 5.98. The van der Waals surface area contributed by atoms with Crippen molar-refractivity contribution in [3.05, 3.63) is 11.7 Å². The van der Waals surface area contributed by atoms with E-state index in [0.29, 0.717) is 57.8 Å². The summed E-state index contributed by atoms with van der Waals surface area (Å²) in [6.07, 6.45) is 4.16. The summed E-state index contributed by atoms with van der Waals surface area (Å²) in [5.74, 6) is 1.79. The third kappa shape index (κ3) is 4.19. The molecule has 0 aromatic carbocycles. The lowest BCUT2D eigenvalue weighted by Gasteiger charge is -2.46. The number of ether oxygens (including phenoxy) is 2. The Bertz CT molecular complexity index is 738. The zero-order valence-corrected chi connectivity index (χ0v) is 16.6. The van der Waals surface area contributed by atoms with E-state index in [-0.39, 0.29) is 5.60 Å². The van der Waals surface area contributed by atoms with Crippen molar-refractivity contribution in [1.82, 2.24) is 18.8 Å². The Hall–Kier alpha value is -1.07. The van der Waals surface area contributed by atoms with E-state index >= 15 is 0 Å². The summed E-state index contributed by atoms with van der Waals surface area (Å²) in [5.41, 5.74) is -0.223. The van der Waals surface area contributed by atoms with Crippen LogP contribution in [0.2, 0.25) is 0 Å². The summed E-state index contributed by atoms with van der Waals surface area (Å²) in [6.45, 7) is 5.33. The number of piperidine rings is 1. The molecular weight excluding hydrogens is 372 g/mol. The van der Waals surface area contributed by atoms with Gasteiger partial charge < -0.3 is 14.0 Å². The smallest absolute Gasteiger partial charge is 0.282 e. The molecule has 3 fully saturated rings. The molecule has 4 rings (SSSR count). The Morgan fingerprint density at radius 1 is 1.11 bits per heavy atom. The molecule has 4 heterocycles. The van der Waals surface area contributed by atoms with Gasteiger partial charge in [0.15, 0.2) is 5.82 Å². The van der Waals surface area contributed by atoms with Gasteiger partial charge in [-0.05, 0) is 31.6 Å². The molecule has 1 aromatic rings. The number of aryl methyl sites for hydroxylation is 1. The number of nitrogens with zero attached hydrogens (tertiary/aromatic N) is 4. The quantitative estimate of drug-likeness (QED) is 0.736. The highest BCUT2D eigenvalue weighted by Gasteiger charge is 2.44. The minimum Gasteiger partial charge on any atom is -0.379 e. The minimum atomic E-state index is -3.40. The highest BCUT2D eigenvalue weighted by molar-refractivity contribution is 7.86. The first-order valence-corrected chi connectivity index (χ1v) is 11.1. The maximum atomic E-state index is 12.8. The summed E-state index contributed by atoms with van der Waals surface area (Å²) in [5, 5.41) is 4.01. The molecule has 1 unspecified atom stereocenters. The van der Waals surface area contributed by atoms with Crippen LogP contribution in [-0.2, 0) is 26.1 Å². The lowest BCUT2D eigenvalue weighted by atomic mass is 9.78. The highest BCUT2D eigenvalue weighted by atomic mass is 32.2. The lowest BCUT2D eigenvalue weighted by Crippen LogP contribution is -2.55. The molecule has 1 spiro atoms. The van der Waals surface area contributed by atoms with Crippen LogP contribution >= 0.6 is 0 Å². The molecule has 0 N–H and O–H groups in total. The molecule has 0 aliphatic carbocycles. The van der Waals surface area contributed by atoms with Crippen LogP contribution in [0, 0.1) is 12.8 Å². The van der Waals surface area contributed by atoms with E-state index in [4.69, 9.17) is 14.0 Å². The largest absolute Gasteiger partial charge is 0.379 e. The zero-order chi connectivity index (χ0) is 18.9. The Labute approximate surface area is 160 Å². The first-order valence-electron chi connectivity index (χ1n) is 9.73. The van der Waals surface area contributed by atoms with Crippen LogP contribution in [0.1, 0.15) is 37.4 Å². The van der Waals surface area contributed by atoms with Crippen LogP contribution in [-0.4, -0.2) is 78.8 Å². The number of hydrogen-bond acceptors (Lipinski definition) is 7. The molecule has 0 bridgehead atoms. The second kappa shape index (κ2) is 7.75.